The Morgan fingerprint density at radius 3 is 2.79 bits per heavy atom. The van der Waals surface area contributed by atoms with Crippen molar-refractivity contribution in [3.05, 3.63) is 28.2 Å². The van der Waals surface area contributed by atoms with Gasteiger partial charge in [-0.3, -0.25) is 0 Å². The minimum atomic E-state index is 0.707. The molecule has 0 aromatic heterocycles. The molecule has 14 heavy (non-hydrogen) atoms. The summed E-state index contributed by atoms with van der Waals surface area (Å²) >= 11 is 9.04. The van der Waals surface area contributed by atoms with E-state index in [0.29, 0.717) is 5.88 Å². The van der Waals surface area contributed by atoms with Crippen LogP contribution in [-0.4, -0.2) is 12.5 Å². The molecule has 0 saturated carbocycles. The summed E-state index contributed by atoms with van der Waals surface area (Å²) in [5.74, 6) is 1.61. The Balaban J connectivity index is 2.42. The third-order valence-corrected chi connectivity index (χ3v) is 2.76. The first-order valence-electron chi connectivity index (χ1n) is 4.69. The highest BCUT2D eigenvalue weighted by atomic mass is 79.9. The lowest BCUT2D eigenvalue weighted by Crippen LogP contribution is -1.98. The maximum absolute atomic E-state index is 5.59. The zero-order valence-electron chi connectivity index (χ0n) is 8.22. The van der Waals surface area contributed by atoms with Gasteiger partial charge in [0.25, 0.3) is 0 Å². The molecule has 0 spiro atoms. The Morgan fingerprint density at radius 2 is 2.14 bits per heavy atom. The predicted molar refractivity (Wildman–Crippen MR) is 64.3 cm³/mol. The number of hydrogen-bond acceptors (Lipinski definition) is 1. The van der Waals surface area contributed by atoms with E-state index in [0.717, 1.165) is 29.7 Å². The van der Waals surface area contributed by atoms with E-state index in [9.17, 15) is 0 Å². The van der Waals surface area contributed by atoms with Crippen molar-refractivity contribution in [1.29, 1.82) is 0 Å². The summed E-state index contributed by atoms with van der Waals surface area (Å²) in [5.41, 5.74) is 1.23. The van der Waals surface area contributed by atoms with Crippen molar-refractivity contribution < 1.29 is 4.74 Å². The average Bonchev–Trinajstić information content (AvgIpc) is 2.15. The number of ether oxygens (including phenoxy) is 1. The quantitative estimate of drug-likeness (QED) is 0.580. The predicted octanol–water partition coefficient (Wildman–Crippen LogP) is 4.16. The lowest BCUT2D eigenvalue weighted by molar-refractivity contribution is 0.308. The molecule has 0 N–H and O–H groups in total. The summed E-state index contributed by atoms with van der Waals surface area (Å²) in [6, 6.07) is 6.08. The van der Waals surface area contributed by atoms with Crippen LogP contribution in [0.5, 0.6) is 5.75 Å². The van der Waals surface area contributed by atoms with Crippen LogP contribution in [0, 0.1) is 6.92 Å². The van der Waals surface area contributed by atoms with Gasteiger partial charge in [0, 0.05) is 5.88 Å². The van der Waals surface area contributed by atoms with Gasteiger partial charge in [-0.05, 0) is 53.4 Å². The smallest absolute Gasteiger partial charge is 0.133 e. The standard InChI is InChI=1S/C11H14BrClO/c1-9-4-5-11(10(12)8-9)14-7-3-2-6-13/h4-5,8H,2-3,6-7H2,1H3. The molecule has 0 amide bonds. The van der Waals surface area contributed by atoms with E-state index in [4.69, 9.17) is 16.3 Å². The van der Waals surface area contributed by atoms with Crippen LogP contribution in [0.25, 0.3) is 0 Å². The summed E-state index contributed by atoms with van der Waals surface area (Å²) in [5, 5.41) is 0. The second-order valence-corrected chi connectivity index (χ2v) is 4.41. The number of unbranched alkanes of at least 4 members (excludes halogenated alkanes) is 1. The molecule has 1 aromatic rings. The molecule has 0 atom stereocenters. The molecule has 0 aliphatic rings. The van der Waals surface area contributed by atoms with Crippen molar-refractivity contribution in [2.24, 2.45) is 0 Å². The maximum atomic E-state index is 5.59. The third kappa shape index (κ3) is 3.89. The summed E-state index contributed by atoms with van der Waals surface area (Å²) in [4.78, 5) is 0. The van der Waals surface area contributed by atoms with Crippen molar-refractivity contribution in [3.8, 4) is 5.75 Å². The van der Waals surface area contributed by atoms with E-state index in [2.05, 4.69) is 28.9 Å². The van der Waals surface area contributed by atoms with Crippen LogP contribution < -0.4 is 4.74 Å². The van der Waals surface area contributed by atoms with Gasteiger partial charge in [-0.1, -0.05) is 6.07 Å². The number of aryl methyl sites for hydroxylation is 1. The van der Waals surface area contributed by atoms with Crippen molar-refractivity contribution in [2.75, 3.05) is 12.5 Å². The van der Waals surface area contributed by atoms with E-state index in [1.807, 2.05) is 12.1 Å². The van der Waals surface area contributed by atoms with Gasteiger partial charge in [0.1, 0.15) is 5.75 Å². The van der Waals surface area contributed by atoms with Gasteiger partial charge in [-0.15, -0.1) is 11.6 Å². The first-order valence-corrected chi connectivity index (χ1v) is 6.01. The molecule has 0 fully saturated rings. The van der Waals surface area contributed by atoms with Crippen molar-refractivity contribution in [1.82, 2.24) is 0 Å². The molecular weight excluding hydrogens is 263 g/mol. The van der Waals surface area contributed by atoms with Crippen molar-refractivity contribution >= 4 is 27.5 Å². The van der Waals surface area contributed by atoms with Gasteiger partial charge in [-0.25, -0.2) is 0 Å². The van der Waals surface area contributed by atoms with Crippen LogP contribution in [0.1, 0.15) is 18.4 Å². The maximum Gasteiger partial charge on any atom is 0.133 e. The molecule has 0 bridgehead atoms. The monoisotopic (exact) mass is 276 g/mol. The van der Waals surface area contributed by atoms with Gasteiger partial charge in [-0.2, -0.15) is 0 Å². The number of benzene rings is 1. The summed E-state index contributed by atoms with van der Waals surface area (Å²) in [6.45, 7) is 2.79. The van der Waals surface area contributed by atoms with E-state index in [-0.39, 0.29) is 0 Å². The number of rotatable bonds is 5. The molecule has 1 nitrogen and oxygen atoms in total. The van der Waals surface area contributed by atoms with Crippen molar-refractivity contribution in [2.45, 2.75) is 19.8 Å². The number of alkyl halides is 1. The molecule has 78 valence electrons. The van der Waals surface area contributed by atoms with Crippen LogP contribution in [-0.2, 0) is 0 Å². The zero-order valence-corrected chi connectivity index (χ0v) is 10.6. The minimum Gasteiger partial charge on any atom is -0.492 e. The Labute approximate surface area is 98.5 Å². The molecule has 0 radical (unpaired) electrons. The number of halogens is 2. The van der Waals surface area contributed by atoms with Crippen molar-refractivity contribution in [3.63, 3.8) is 0 Å². The summed E-state index contributed by atoms with van der Waals surface area (Å²) < 4.78 is 6.61. The topological polar surface area (TPSA) is 9.23 Å². The SMILES string of the molecule is Cc1ccc(OCCCCCl)c(Br)c1. The molecule has 0 aliphatic carbocycles. The van der Waals surface area contributed by atoms with Crippen LogP contribution in [0.2, 0.25) is 0 Å². The Kier molecular flexibility index (Phi) is 5.34. The molecule has 1 rings (SSSR count). The largest absolute Gasteiger partial charge is 0.492 e. The highest BCUT2D eigenvalue weighted by Gasteiger charge is 2.00. The van der Waals surface area contributed by atoms with Crippen LogP contribution >= 0.6 is 27.5 Å². The molecule has 0 unspecified atom stereocenters. The fourth-order valence-corrected chi connectivity index (χ4v) is 1.90. The fourth-order valence-electron chi connectivity index (χ4n) is 1.10. The molecule has 0 saturated heterocycles. The lowest BCUT2D eigenvalue weighted by Gasteiger charge is -2.07. The molecule has 0 heterocycles. The van der Waals surface area contributed by atoms with E-state index >= 15 is 0 Å². The Morgan fingerprint density at radius 1 is 1.36 bits per heavy atom. The second kappa shape index (κ2) is 6.31. The first-order chi connectivity index (χ1) is 6.74. The second-order valence-electron chi connectivity index (χ2n) is 3.18. The van der Waals surface area contributed by atoms with Gasteiger partial charge in [0.05, 0.1) is 11.1 Å². The molecule has 0 aliphatic heterocycles. The highest BCUT2D eigenvalue weighted by Crippen LogP contribution is 2.25. The van der Waals surface area contributed by atoms with Gasteiger partial charge >= 0.3 is 0 Å². The van der Waals surface area contributed by atoms with E-state index < -0.39 is 0 Å². The highest BCUT2D eigenvalue weighted by molar-refractivity contribution is 9.10. The minimum absolute atomic E-state index is 0.707. The summed E-state index contributed by atoms with van der Waals surface area (Å²) in [6.07, 6.45) is 2.01. The van der Waals surface area contributed by atoms with E-state index in [1.54, 1.807) is 0 Å². The third-order valence-electron chi connectivity index (χ3n) is 1.87. The van der Waals surface area contributed by atoms with E-state index in [1.165, 1.54) is 5.56 Å². The van der Waals surface area contributed by atoms with Gasteiger partial charge in [0.15, 0.2) is 0 Å². The first kappa shape index (κ1) is 11.9. The number of hydrogen-bond donors (Lipinski definition) is 0. The molecular formula is C11H14BrClO. The summed E-state index contributed by atoms with van der Waals surface area (Å²) in [7, 11) is 0. The average molecular weight is 278 g/mol. The van der Waals surface area contributed by atoms with Gasteiger partial charge in [0.2, 0.25) is 0 Å². The molecule has 1 aromatic carbocycles. The Bertz CT molecular complexity index is 289. The van der Waals surface area contributed by atoms with Gasteiger partial charge < -0.3 is 4.74 Å². The lowest BCUT2D eigenvalue weighted by atomic mass is 10.2. The normalized spacial score (nSPS) is 10.2. The van der Waals surface area contributed by atoms with Crippen LogP contribution in [0.15, 0.2) is 22.7 Å². The fraction of sp³-hybridized carbons (Fsp3) is 0.455. The van der Waals surface area contributed by atoms with Crippen LogP contribution in [0.3, 0.4) is 0 Å². The Hall–Kier alpha value is -0.210. The molecule has 3 heteroatoms. The van der Waals surface area contributed by atoms with Crippen LogP contribution in [0.4, 0.5) is 0 Å². The zero-order chi connectivity index (χ0) is 10.4.